The van der Waals surface area contributed by atoms with E-state index in [2.05, 4.69) is 4.98 Å². The summed E-state index contributed by atoms with van der Waals surface area (Å²) in [7, 11) is 3.09. The van der Waals surface area contributed by atoms with Crippen molar-refractivity contribution < 1.29 is 18.7 Å². The van der Waals surface area contributed by atoms with Crippen LogP contribution in [0.2, 0.25) is 0 Å². The minimum atomic E-state index is -0.728. The van der Waals surface area contributed by atoms with Crippen molar-refractivity contribution in [1.29, 1.82) is 0 Å². The van der Waals surface area contributed by atoms with Crippen LogP contribution in [0.25, 0.3) is 11.0 Å². The summed E-state index contributed by atoms with van der Waals surface area (Å²) in [4.78, 5) is 33.0. The molecule has 0 spiro atoms. The normalized spacial score (nSPS) is 15.2. The number of carbonyl (C=O) groups excluding carboxylic acids is 1. The summed E-state index contributed by atoms with van der Waals surface area (Å²) in [6.07, 6.45) is 1.68. The average Bonchev–Trinajstić information content (AvgIpc) is 3.12. The minimum Gasteiger partial charge on any atom is -0.493 e. The number of methoxy groups -OCH3 is 2. The first-order valence-electron chi connectivity index (χ1n) is 10.1. The molecule has 4 aromatic rings. The van der Waals surface area contributed by atoms with Crippen molar-refractivity contribution in [3.8, 4) is 11.5 Å². The van der Waals surface area contributed by atoms with Crippen LogP contribution in [0.15, 0.2) is 70.0 Å². The van der Waals surface area contributed by atoms with Crippen LogP contribution in [0, 0.1) is 6.92 Å². The molecule has 7 heteroatoms. The quantitative estimate of drug-likeness (QED) is 0.483. The van der Waals surface area contributed by atoms with Gasteiger partial charge in [-0.05, 0) is 48.4 Å². The first kappa shape index (κ1) is 19.8. The Bertz CT molecular complexity index is 1410. The molecule has 0 bridgehead atoms. The fourth-order valence-electron chi connectivity index (χ4n) is 4.10. The van der Waals surface area contributed by atoms with Gasteiger partial charge in [0.05, 0.1) is 31.2 Å². The van der Waals surface area contributed by atoms with Gasteiger partial charge in [-0.1, -0.05) is 24.3 Å². The van der Waals surface area contributed by atoms with Gasteiger partial charge in [-0.15, -0.1) is 0 Å². The number of aryl methyl sites for hydroxylation is 1. The van der Waals surface area contributed by atoms with Crippen molar-refractivity contribution in [2.45, 2.75) is 13.0 Å². The molecular weight excluding hydrogens is 408 g/mol. The molecule has 1 amide bonds. The number of benzene rings is 2. The lowest BCUT2D eigenvalue weighted by molar-refractivity contribution is 0.0970. The minimum absolute atomic E-state index is 0.0239. The van der Waals surface area contributed by atoms with Gasteiger partial charge < -0.3 is 13.9 Å². The van der Waals surface area contributed by atoms with Gasteiger partial charge in [-0.3, -0.25) is 14.5 Å². The lowest BCUT2D eigenvalue weighted by atomic mass is 9.98. The highest BCUT2D eigenvalue weighted by molar-refractivity contribution is 6.10. The predicted octanol–water partition coefficient (Wildman–Crippen LogP) is 4.26. The molecule has 160 valence electrons. The number of nitrogens with zero attached hydrogens (tertiary/aromatic N) is 2. The van der Waals surface area contributed by atoms with Gasteiger partial charge in [0, 0.05) is 6.20 Å². The Balaban J connectivity index is 1.80. The van der Waals surface area contributed by atoms with E-state index in [9.17, 15) is 9.59 Å². The van der Waals surface area contributed by atoms with Gasteiger partial charge >= 0.3 is 0 Å². The van der Waals surface area contributed by atoms with Crippen LogP contribution in [0.3, 0.4) is 0 Å². The summed E-state index contributed by atoms with van der Waals surface area (Å²) in [5.74, 6) is 1.07. The molecule has 0 aliphatic carbocycles. The molecule has 3 heterocycles. The molecule has 1 aliphatic heterocycles. The number of aromatic nitrogens is 1. The Morgan fingerprint density at radius 3 is 2.47 bits per heavy atom. The van der Waals surface area contributed by atoms with Crippen LogP contribution in [0.4, 0.5) is 5.82 Å². The van der Waals surface area contributed by atoms with E-state index >= 15 is 0 Å². The van der Waals surface area contributed by atoms with Crippen molar-refractivity contribution in [3.05, 3.63) is 93.5 Å². The van der Waals surface area contributed by atoms with Crippen molar-refractivity contribution in [3.63, 3.8) is 0 Å². The number of hydrogen-bond donors (Lipinski definition) is 0. The third-order valence-corrected chi connectivity index (χ3v) is 5.64. The monoisotopic (exact) mass is 428 g/mol. The Hall–Kier alpha value is -4.13. The summed E-state index contributed by atoms with van der Waals surface area (Å²) in [6, 6.07) is 15.1. The largest absolute Gasteiger partial charge is 0.493 e. The third-order valence-electron chi connectivity index (χ3n) is 5.64. The molecule has 0 N–H and O–H groups in total. The SMILES string of the molecule is COc1ccc(C2c3c(oc4ccccc4c3=O)C(=O)N2c2ccc(C)cn2)cc1OC. The van der Waals surface area contributed by atoms with Crippen LogP contribution in [-0.4, -0.2) is 25.1 Å². The van der Waals surface area contributed by atoms with Gasteiger partial charge in [0.2, 0.25) is 5.76 Å². The van der Waals surface area contributed by atoms with E-state index in [-0.39, 0.29) is 16.8 Å². The van der Waals surface area contributed by atoms with Crippen molar-refractivity contribution in [2.75, 3.05) is 19.1 Å². The summed E-state index contributed by atoms with van der Waals surface area (Å²) in [5, 5.41) is 0.420. The molecule has 2 aromatic carbocycles. The highest BCUT2D eigenvalue weighted by atomic mass is 16.5. The van der Waals surface area contributed by atoms with Gasteiger partial charge in [0.25, 0.3) is 5.91 Å². The zero-order valence-electron chi connectivity index (χ0n) is 17.8. The number of amides is 1. The highest BCUT2D eigenvalue weighted by Gasteiger charge is 2.44. The molecule has 2 aromatic heterocycles. The first-order chi connectivity index (χ1) is 15.5. The number of rotatable bonds is 4. The number of hydrogen-bond acceptors (Lipinski definition) is 6. The van der Waals surface area contributed by atoms with Crippen molar-refractivity contribution >= 4 is 22.7 Å². The van der Waals surface area contributed by atoms with Crippen LogP contribution in [0.1, 0.15) is 33.3 Å². The number of carbonyl (C=O) groups is 1. The Morgan fingerprint density at radius 1 is 0.969 bits per heavy atom. The van der Waals surface area contributed by atoms with Gasteiger partial charge in [-0.2, -0.15) is 0 Å². The van der Waals surface area contributed by atoms with E-state index in [1.165, 1.54) is 12.0 Å². The van der Waals surface area contributed by atoms with Crippen LogP contribution in [-0.2, 0) is 0 Å². The molecule has 7 nitrogen and oxygen atoms in total. The molecule has 1 atom stereocenters. The average molecular weight is 428 g/mol. The molecule has 0 saturated heterocycles. The van der Waals surface area contributed by atoms with Crippen LogP contribution in [0.5, 0.6) is 11.5 Å². The molecule has 32 heavy (non-hydrogen) atoms. The molecule has 1 aliphatic rings. The summed E-state index contributed by atoms with van der Waals surface area (Å²) in [6.45, 7) is 1.92. The zero-order valence-corrected chi connectivity index (χ0v) is 17.8. The smallest absolute Gasteiger partial charge is 0.296 e. The van der Waals surface area contributed by atoms with Gasteiger partial charge in [-0.25, -0.2) is 4.98 Å². The molecular formula is C25H20N2O5. The van der Waals surface area contributed by atoms with E-state index in [1.807, 2.05) is 19.1 Å². The van der Waals surface area contributed by atoms with E-state index in [0.29, 0.717) is 33.8 Å². The first-order valence-corrected chi connectivity index (χ1v) is 10.1. The second-order valence-electron chi connectivity index (χ2n) is 7.56. The van der Waals surface area contributed by atoms with E-state index in [0.717, 1.165) is 5.56 Å². The summed E-state index contributed by atoms with van der Waals surface area (Å²) >= 11 is 0. The Labute approximate surface area is 183 Å². The topological polar surface area (TPSA) is 81.9 Å². The number of ether oxygens (including phenoxy) is 2. The summed E-state index contributed by atoms with van der Waals surface area (Å²) < 4.78 is 16.8. The van der Waals surface area contributed by atoms with E-state index < -0.39 is 11.9 Å². The summed E-state index contributed by atoms with van der Waals surface area (Å²) in [5.41, 5.74) is 2.04. The third kappa shape index (κ3) is 2.93. The van der Waals surface area contributed by atoms with Crippen LogP contribution < -0.4 is 19.8 Å². The number of anilines is 1. The fraction of sp³-hybridized carbons (Fsp3) is 0.160. The maximum Gasteiger partial charge on any atom is 0.296 e. The van der Waals surface area contributed by atoms with Gasteiger partial charge in [0.1, 0.15) is 11.4 Å². The van der Waals surface area contributed by atoms with E-state index in [4.69, 9.17) is 13.9 Å². The standard InChI is InChI=1S/C25H20N2O5/c1-14-8-11-20(26-13-14)27-22(15-9-10-18(30-2)19(12-15)31-3)21-23(28)16-6-4-5-7-17(16)32-24(21)25(27)29/h4-13,22H,1-3H3. The lowest BCUT2D eigenvalue weighted by Gasteiger charge is -2.25. The van der Waals surface area contributed by atoms with Crippen LogP contribution >= 0.6 is 0 Å². The van der Waals surface area contributed by atoms with E-state index in [1.54, 1.807) is 55.8 Å². The maximum atomic E-state index is 13.5. The second-order valence-corrected chi connectivity index (χ2v) is 7.56. The second kappa shape index (κ2) is 7.53. The number of fused-ring (bicyclic) bond motifs is 2. The lowest BCUT2D eigenvalue weighted by Crippen LogP contribution is -2.30. The molecule has 1 unspecified atom stereocenters. The molecule has 5 rings (SSSR count). The number of pyridine rings is 1. The molecule has 0 radical (unpaired) electrons. The van der Waals surface area contributed by atoms with Crippen molar-refractivity contribution in [2.24, 2.45) is 0 Å². The predicted molar refractivity (Wildman–Crippen MR) is 120 cm³/mol. The maximum absolute atomic E-state index is 13.5. The van der Waals surface area contributed by atoms with Gasteiger partial charge in [0.15, 0.2) is 16.9 Å². The zero-order chi connectivity index (χ0) is 22.4. The Kier molecular flexibility index (Phi) is 4.66. The Morgan fingerprint density at radius 2 is 1.75 bits per heavy atom. The fourth-order valence-corrected chi connectivity index (χ4v) is 4.10. The van der Waals surface area contributed by atoms with Crippen molar-refractivity contribution in [1.82, 2.24) is 4.98 Å². The molecule has 0 saturated carbocycles. The number of para-hydroxylation sites is 1. The highest BCUT2D eigenvalue weighted by Crippen LogP contribution is 2.42. The molecule has 0 fully saturated rings.